The molecule has 0 aliphatic carbocycles. The van der Waals surface area contributed by atoms with Crippen LogP contribution in [0.1, 0.15) is 31.8 Å². The van der Waals surface area contributed by atoms with Crippen LogP contribution in [0.4, 0.5) is 13.2 Å². The molecule has 2 aromatic rings. The molecule has 0 aromatic heterocycles. The third-order valence-corrected chi connectivity index (χ3v) is 4.87. The molecule has 2 amide bonds. The summed E-state index contributed by atoms with van der Waals surface area (Å²) in [5.41, 5.74) is 2.17. The van der Waals surface area contributed by atoms with Gasteiger partial charge in [-0.15, -0.1) is 0 Å². The zero-order chi connectivity index (χ0) is 19.7. The number of carbonyl (C=O) groups is 2. The van der Waals surface area contributed by atoms with Crippen LogP contribution in [0.15, 0.2) is 30.3 Å². The van der Waals surface area contributed by atoms with E-state index in [-0.39, 0.29) is 32.1 Å². The Morgan fingerprint density at radius 1 is 0.778 bits per heavy atom. The fourth-order valence-electron chi connectivity index (χ4n) is 3.03. The Morgan fingerprint density at radius 3 is 1.96 bits per heavy atom. The van der Waals surface area contributed by atoms with Crippen LogP contribution in [0.5, 0.6) is 0 Å². The van der Waals surface area contributed by atoms with Crippen LogP contribution in [0.3, 0.4) is 0 Å². The highest BCUT2D eigenvalue weighted by molar-refractivity contribution is 5.96. The summed E-state index contributed by atoms with van der Waals surface area (Å²) in [6, 6.07) is 7.13. The minimum Gasteiger partial charge on any atom is -0.335 e. The molecule has 0 unspecified atom stereocenters. The SMILES string of the molecule is Cc1ccc(C(=O)N2CCN(C(=O)c3ccc(F)c(F)c3F)CC2)cc1C. The van der Waals surface area contributed by atoms with Crippen LogP contribution in [0, 0.1) is 31.3 Å². The third-order valence-electron chi connectivity index (χ3n) is 4.87. The van der Waals surface area contributed by atoms with E-state index in [0.29, 0.717) is 5.56 Å². The van der Waals surface area contributed by atoms with Gasteiger partial charge < -0.3 is 9.80 Å². The minimum absolute atomic E-state index is 0.135. The second kappa shape index (κ2) is 7.42. The standard InChI is InChI=1S/C20H19F3N2O2/c1-12-3-4-14(11-13(12)2)19(26)24-7-9-25(10-8-24)20(27)15-5-6-16(21)18(23)17(15)22/h3-6,11H,7-10H2,1-2H3. The first-order valence-corrected chi connectivity index (χ1v) is 8.59. The lowest BCUT2D eigenvalue weighted by Gasteiger charge is -2.35. The number of amides is 2. The summed E-state index contributed by atoms with van der Waals surface area (Å²) in [6.07, 6.45) is 0. The van der Waals surface area contributed by atoms with Crippen molar-refractivity contribution in [1.29, 1.82) is 0 Å². The summed E-state index contributed by atoms with van der Waals surface area (Å²) in [5.74, 6) is -5.35. The maximum Gasteiger partial charge on any atom is 0.257 e. The average Bonchev–Trinajstić information content (AvgIpc) is 2.67. The van der Waals surface area contributed by atoms with Gasteiger partial charge in [-0.1, -0.05) is 6.07 Å². The molecule has 2 aromatic carbocycles. The molecule has 27 heavy (non-hydrogen) atoms. The Kier molecular flexibility index (Phi) is 5.21. The highest BCUT2D eigenvalue weighted by Crippen LogP contribution is 2.19. The largest absolute Gasteiger partial charge is 0.335 e. The Morgan fingerprint density at radius 2 is 1.37 bits per heavy atom. The van der Waals surface area contributed by atoms with Gasteiger partial charge in [0.05, 0.1) is 5.56 Å². The molecule has 7 heteroatoms. The molecule has 0 spiro atoms. The van der Waals surface area contributed by atoms with Crippen LogP contribution < -0.4 is 0 Å². The van der Waals surface area contributed by atoms with Gasteiger partial charge in [-0.2, -0.15) is 0 Å². The molecule has 0 N–H and O–H groups in total. The van der Waals surface area contributed by atoms with Crippen LogP contribution >= 0.6 is 0 Å². The summed E-state index contributed by atoms with van der Waals surface area (Å²) < 4.78 is 40.2. The van der Waals surface area contributed by atoms with Gasteiger partial charge >= 0.3 is 0 Å². The van der Waals surface area contributed by atoms with E-state index in [9.17, 15) is 22.8 Å². The first-order valence-electron chi connectivity index (χ1n) is 8.59. The van der Waals surface area contributed by atoms with Crippen molar-refractivity contribution >= 4 is 11.8 Å². The second-order valence-electron chi connectivity index (χ2n) is 6.61. The van der Waals surface area contributed by atoms with E-state index in [1.54, 1.807) is 11.0 Å². The molecule has 1 saturated heterocycles. The summed E-state index contributed by atoms with van der Waals surface area (Å²) in [4.78, 5) is 28.0. The monoisotopic (exact) mass is 376 g/mol. The summed E-state index contributed by atoms with van der Waals surface area (Å²) in [7, 11) is 0. The van der Waals surface area contributed by atoms with Gasteiger partial charge in [0, 0.05) is 31.7 Å². The zero-order valence-electron chi connectivity index (χ0n) is 15.1. The van der Waals surface area contributed by atoms with E-state index < -0.39 is 28.9 Å². The number of hydrogen-bond acceptors (Lipinski definition) is 2. The van der Waals surface area contributed by atoms with Gasteiger partial charge in [-0.05, 0) is 49.2 Å². The Labute approximate surface area is 155 Å². The van der Waals surface area contributed by atoms with Gasteiger partial charge in [0.1, 0.15) is 0 Å². The predicted molar refractivity (Wildman–Crippen MR) is 94.0 cm³/mol. The number of carbonyl (C=O) groups excluding carboxylic acids is 2. The summed E-state index contributed by atoms with van der Waals surface area (Å²) in [6.45, 7) is 4.83. The molecule has 0 radical (unpaired) electrons. The lowest BCUT2D eigenvalue weighted by atomic mass is 10.1. The van der Waals surface area contributed by atoms with Crippen molar-refractivity contribution in [3.63, 3.8) is 0 Å². The first kappa shape index (κ1) is 18.9. The molecule has 0 bridgehead atoms. The number of hydrogen-bond donors (Lipinski definition) is 0. The average molecular weight is 376 g/mol. The van der Waals surface area contributed by atoms with Crippen LogP contribution in [-0.2, 0) is 0 Å². The topological polar surface area (TPSA) is 40.6 Å². The Balaban J connectivity index is 1.68. The van der Waals surface area contributed by atoms with E-state index in [2.05, 4.69) is 0 Å². The Hall–Kier alpha value is -2.83. The molecular formula is C20H19F3N2O2. The van der Waals surface area contributed by atoms with Crippen molar-refractivity contribution in [2.24, 2.45) is 0 Å². The van der Waals surface area contributed by atoms with Crippen molar-refractivity contribution in [2.75, 3.05) is 26.2 Å². The zero-order valence-corrected chi connectivity index (χ0v) is 15.1. The number of piperazine rings is 1. The number of rotatable bonds is 2. The molecule has 0 atom stereocenters. The van der Waals surface area contributed by atoms with Gasteiger partial charge in [0.25, 0.3) is 11.8 Å². The fourth-order valence-corrected chi connectivity index (χ4v) is 3.03. The third kappa shape index (κ3) is 3.67. The highest BCUT2D eigenvalue weighted by atomic mass is 19.2. The quantitative estimate of drug-likeness (QED) is 0.755. The minimum atomic E-state index is -1.66. The van der Waals surface area contributed by atoms with Crippen molar-refractivity contribution < 1.29 is 22.8 Å². The molecule has 1 fully saturated rings. The van der Waals surface area contributed by atoms with E-state index in [0.717, 1.165) is 23.3 Å². The first-order chi connectivity index (χ1) is 12.8. The van der Waals surface area contributed by atoms with Gasteiger partial charge in [0.15, 0.2) is 17.5 Å². The predicted octanol–water partition coefficient (Wildman–Crippen LogP) is 3.32. The lowest BCUT2D eigenvalue weighted by Crippen LogP contribution is -2.50. The van der Waals surface area contributed by atoms with Crippen LogP contribution in [0.25, 0.3) is 0 Å². The van der Waals surface area contributed by atoms with Crippen LogP contribution in [0.2, 0.25) is 0 Å². The number of halogens is 3. The van der Waals surface area contributed by atoms with Gasteiger partial charge in [-0.25, -0.2) is 13.2 Å². The molecule has 1 aliphatic rings. The Bertz CT molecular complexity index is 906. The summed E-state index contributed by atoms with van der Waals surface area (Å²) in [5, 5.41) is 0. The second-order valence-corrected chi connectivity index (χ2v) is 6.61. The number of aryl methyl sites for hydroxylation is 2. The van der Waals surface area contributed by atoms with E-state index >= 15 is 0 Å². The molecular weight excluding hydrogens is 357 g/mol. The molecule has 142 valence electrons. The highest BCUT2D eigenvalue weighted by Gasteiger charge is 2.28. The summed E-state index contributed by atoms with van der Waals surface area (Å²) >= 11 is 0. The molecule has 0 saturated carbocycles. The normalized spacial score (nSPS) is 14.4. The molecule has 4 nitrogen and oxygen atoms in total. The number of benzene rings is 2. The van der Waals surface area contributed by atoms with Crippen molar-refractivity contribution in [3.8, 4) is 0 Å². The molecule has 3 rings (SSSR count). The lowest BCUT2D eigenvalue weighted by molar-refractivity contribution is 0.0532. The van der Waals surface area contributed by atoms with Crippen molar-refractivity contribution in [3.05, 3.63) is 70.0 Å². The fraction of sp³-hybridized carbons (Fsp3) is 0.300. The maximum atomic E-state index is 13.8. The van der Waals surface area contributed by atoms with Crippen LogP contribution in [-0.4, -0.2) is 47.8 Å². The smallest absolute Gasteiger partial charge is 0.257 e. The number of nitrogens with zero attached hydrogens (tertiary/aromatic N) is 2. The van der Waals surface area contributed by atoms with Gasteiger partial charge in [-0.3, -0.25) is 9.59 Å². The van der Waals surface area contributed by atoms with E-state index in [4.69, 9.17) is 0 Å². The van der Waals surface area contributed by atoms with E-state index in [1.165, 1.54) is 4.90 Å². The van der Waals surface area contributed by atoms with Gasteiger partial charge in [0.2, 0.25) is 0 Å². The molecule has 1 heterocycles. The van der Waals surface area contributed by atoms with Crippen molar-refractivity contribution in [1.82, 2.24) is 9.80 Å². The molecule has 1 aliphatic heterocycles. The van der Waals surface area contributed by atoms with E-state index in [1.807, 2.05) is 26.0 Å². The maximum absolute atomic E-state index is 13.8. The van der Waals surface area contributed by atoms with Crippen molar-refractivity contribution in [2.45, 2.75) is 13.8 Å².